The van der Waals surface area contributed by atoms with Crippen LogP contribution in [0.15, 0.2) is 237 Å². The fraction of sp³-hybridized carbons (Fsp3) is 0.0882. The van der Waals surface area contributed by atoms with E-state index in [2.05, 4.69) is 245 Å². The van der Waals surface area contributed by atoms with E-state index in [0.717, 1.165) is 105 Å². The van der Waals surface area contributed by atoms with E-state index in [0.29, 0.717) is 0 Å². The summed E-state index contributed by atoms with van der Waals surface area (Å²) in [6.45, 7) is 8.34. The predicted molar refractivity (Wildman–Crippen MR) is 312 cm³/mol. The number of aromatic nitrogens is 4. The highest BCUT2D eigenvalue weighted by Gasteiger charge is 2.51. The molecule has 0 spiro atoms. The highest BCUT2D eigenvalue weighted by atomic mass is 16.7. The van der Waals surface area contributed by atoms with E-state index >= 15 is 0 Å². The summed E-state index contributed by atoms with van der Waals surface area (Å²) in [7, 11) is -0.365. The number of para-hydroxylation sites is 2. The van der Waals surface area contributed by atoms with Crippen LogP contribution in [0.2, 0.25) is 0 Å². The van der Waals surface area contributed by atoms with E-state index in [-0.39, 0.29) is 18.3 Å². The summed E-state index contributed by atoms with van der Waals surface area (Å²) in [5, 5.41) is 9.27. The fourth-order valence-electron chi connectivity index (χ4n) is 10.6. The molecule has 75 heavy (non-hydrogen) atoms. The van der Waals surface area contributed by atoms with Gasteiger partial charge in [0.1, 0.15) is 0 Å². The van der Waals surface area contributed by atoms with Crippen molar-refractivity contribution in [2.45, 2.75) is 38.9 Å². The van der Waals surface area contributed by atoms with Crippen molar-refractivity contribution < 1.29 is 9.31 Å². The van der Waals surface area contributed by atoms with Crippen molar-refractivity contribution in [1.82, 2.24) is 19.9 Å². The molecule has 1 fully saturated rings. The molecular formula is C68H51BN4O2. The molecule has 0 N–H and O–H groups in total. The minimum Gasteiger partial charge on any atom is -0.399 e. The summed E-state index contributed by atoms with van der Waals surface area (Å²) in [5.41, 5.74) is 15.2. The van der Waals surface area contributed by atoms with Crippen LogP contribution in [0.4, 0.5) is 0 Å². The average molecular weight is 967 g/mol. The maximum atomic E-state index is 6.26. The zero-order valence-electron chi connectivity index (χ0n) is 42.2. The van der Waals surface area contributed by atoms with Gasteiger partial charge in [0.15, 0.2) is 0 Å². The molecule has 1 aliphatic rings. The maximum absolute atomic E-state index is 6.26. The third-order valence-electron chi connectivity index (χ3n) is 15.2. The number of nitrogens with zero attached hydrogens (tertiary/aromatic N) is 4. The standard InChI is InChI=1S/C37H23N3.C31H28BNO2/c1-2-8-26(9-3-1)35-31-13-6-12-29(34(31)30-11-4-5-14-33(30)40-35)24-15-17-25(18-16-24)32-22-21-28-20-19-27-10-7-23-38-36(27)37(28)39-32;1-30(2)31(3,4)35-32(34-30)23-19-17-21(18-20-23)24-14-10-15-26-28(24)25-13-8-9-16-27(25)33-29(26)22-11-6-5-7-12-22/h1-23H;5-20H,1-4H3. The summed E-state index contributed by atoms with van der Waals surface area (Å²) >= 11 is 0. The molecule has 6 nitrogen and oxygen atoms in total. The highest BCUT2D eigenvalue weighted by Crippen LogP contribution is 2.42. The van der Waals surface area contributed by atoms with Gasteiger partial charge in [0.25, 0.3) is 0 Å². The van der Waals surface area contributed by atoms with E-state index in [4.69, 9.17) is 24.3 Å². The lowest BCUT2D eigenvalue weighted by Gasteiger charge is -2.32. The number of benzene rings is 9. The molecule has 0 unspecified atom stereocenters. The van der Waals surface area contributed by atoms with Gasteiger partial charge in [-0.25, -0.2) is 15.0 Å². The van der Waals surface area contributed by atoms with Crippen LogP contribution in [0.1, 0.15) is 27.7 Å². The molecule has 0 aliphatic carbocycles. The van der Waals surface area contributed by atoms with Crippen molar-refractivity contribution in [2.24, 2.45) is 0 Å². The molecule has 1 saturated heterocycles. The van der Waals surface area contributed by atoms with Crippen LogP contribution in [0.5, 0.6) is 0 Å². The minimum absolute atomic E-state index is 0.355. The molecule has 9 aromatic carbocycles. The summed E-state index contributed by atoms with van der Waals surface area (Å²) in [5.74, 6) is 0. The van der Waals surface area contributed by atoms with Crippen LogP contribution < -0.4 is 5.46 Å². The van der Waals surface area contributed by atoms with Crippen molar-refractivity contribution >= 4 is 77.7 Å². The van der Waals surface area contributed by atoms with Crippen LogP contribution in [0, 0.1) is 0 Å². The first-order valence-electron chi connectivity index (χ1n) is 25.6. The molecule has 0 amide bonds. The van der Waals surface area contributed by atoms with Crippen LogP contribution >= 0.6 is 0 Å². The van der Waals surface area contributed by atoms with Crippen molar-refractivity contribution in [3.63, 3.8) is 0 Å². The van der Waals surface area contributed by atoms with E-state index in [9.17, 15) is 0 Å². The predicted octanol–water partition coefficient (Wildman–Crippen LogP) is 16.5. The Morgan fingerprint density at radius 1 is 0.347 bits per heavy atom. The molecule has 13 aromatic rings. The van der Waals surface area contributed by atoms with Gasteiger partial charge in [0.2, 0.25) is 0 Å². The van der Waals surface area contributed by atoms with Gasteiger partial charge in [-0.1, -0.05) is 206 Å². The molecule has 5 heterocycles. The Balaban J connectivity index is 0.000000146. The fourth-order valence-corrected chi connectivity index (χ4v) is 10.6. The number of fused-ring (bicyclic) bond motifs is 9. The Kier molecular flexibility index (Phi) is 11.4. The lowest BCUT2D eigenvalue weighted by Crippen LogP contribution is -2.41. The molecule has 0 saturated carbocycles. The molecule has 0 atom stereocenters. The Morgan fingerprint density at radius 3 is 1.35 bits per heavy atom. The van der Waals surface area contributed by atoms with Gasteiger partial charge < -0.3 is 9.31 Å². The first kappa shape index (κ1) is 45.9. The molecule has 0 bridgehead atoms. The second kappa shape index (κ2) is 18.6. The summed E-state index contributed by atoms with van der Waals surface area (Å²) in [6.07, 6.45) is 1.83. The third-order valence-corrected chi connectivity index (χ3v) is 15.2. The largest absolute Gasteiger partial charge is 0.494 e. The number of hydrogen-bond acceptors (Lipinski definition) is 6. The molecule has 0 radical (unpaired) electrons. The first-order chi connectivity index (χ1) is 36.7. The Hall–Kier alpha value is -8.88. The summed E-state index contributed by atoms with van der Waals surface area (Å²) < 4.78 is 12.5. The Bertz CT molecular complexity index is 4280. The van der Waals surface area contributed by atoms with Gasteiger partial charge in [-0.15, -0.1) is 0 Å². The van der Waals surface area contributed by atoms with Gasteiger partial charge in [-0.2, -0.15) is 0 Å². The van der Waals surface area contributed by atoms with Gasteiger partial charge in [0.05, 0.1) is 50.4 Å². The lowest BCUT2D eigenvalue weighted by molar-refractivity contribution is 0.00578. The van der Waals surface area contributed by atoms with Crippen molar-refractivity contribution in [1.29, 1.82) is 0 Å². The van der Waals surface area contributed by atoms with Crippen molar-refractivity contribution in [3.8, 4) is 56.0 Å². The number of pyridine rings is 4. The molecule has 1 aliphatic heterocycles. The second-order valence-corrected chi connectivity index (χ2v) is 20.3. The Morgan fingerprint density at radius 2 is 0.800 bits per heavy atom. The topological polar surface area (TPSA) is 70.0 Å². The first-order valence-corrected chi connectivity index (χ1v) is 25.6. The zero-order chi connectivity index (χ0) is 50.7. The summed E-state index contributed by atoms with van der Waals surface area (Å²) in [4.78, 5) is 19.8. The third kappa shape index (κ3) is 8.27. The molecule has 358 valence electrons. The van der Waals surface area contributed by atoms with E-state index in [1.165, 1.54) is 21.9 Å². The summed E-state index contributed by atoms with van der Waals surface area (Å²) in [6, 6.07) is 80.6. The normalized spacial score (nSPS) is 13.9. The highest BCUT2D eigenvalue weighted by molar-refractivity contribution is 6.62. The van der Waals surface area contributed by atoms with Crippen LogP contribution in [0.25, 0.3) is 121 Å². The van der Waals surface area contributed by atoms with Crippen LogP contribution in [-0.4, -0.2) is 38.3 Å². The Labute approximate surface area is 436 Å². The van der Waals surface area contributed by atoms with Gasteiger partial charge >= 0.3 is 7.12 Å². The van der Waals surface area contributed by atoms with Crippen LogP contribution in [-0.2, 0) is 9.31 Å². The van der Waals surface area contributed by atoms with E-state index in [1.54, 1.807) is 0 Å². The number of hydrogen-bond donors (Lipinski definition) is 0. The molecular weight excluding hydrogens is 916 g/mol. The van der Waals surface area contributed by atoms with Crippen LogP contribution in [0.3, 0.4) is 0 Å². The van der Waals surface area contributed by atoms with Crippen molar-refractivity contribution in [3.05, 3.63) is 237 Å². The van der Waals surface area contributed by atoms with Gasteiger partial charge in [-0.05, 0) is 79.7 Å². The van der Waals surface area contributed by atoms with Gasteiger partial charge in [-0.3, -0.25) is 4.98 Å². The lowest BCUT2D eigenvalue weighted by atomic mass is 9.78. The van der Waals surface area contributed by atoms with E-state index in [1.807, 2.05) is 24.4 Å². The average Bonchev–Trinajstić information content (AvgIpc) is 3.72. The molecule has 7 heteroatoms. The number of rotatable bonds is 6. The monoisotopic (exact) mass is 966 g/mol. The van der Waals surface area contributed by atoms with E-state index < -0.39 is 0 Å². The SMILES string of the molecule is CC1(C)OB(c2ccc(-c3cccc4c(-c5ccccc5)nc5ccccc5c34)cc2)OC1(C)C.c1ccc(-c2nc3ccccc3c3c(-c4ccc(-c5ccc6ccc7cccnc7c6n5)cc4)cccc23)cc1. The quantitative estimate of drug-likeness (QED) is 0.122. The second-order valence-electron chi connectivity index (χ2n) is 20.3. The molecule has 4 aromatic heterocycles. The molecule has 14 rings (SSSR count). The zero-order valence-corrected chi connectivity index (χ0v) is 42.2. The smallest absolute Gasteiger partial charge is 0.399 e. The van der Waals surface area contributed by atoms with Crippen molar-refractivity contribution in [2.75, 3.05) is 0 Å². The minimum atomic E-state index is -0.365. The maximum Gasteiger partial charge on any atom is 0.494 e. The van der Waals surface area contributed by atoms with Gasteiger partial charge in [0, 0.05) is 66.0 Å².